The van der Waals surface area contributed by atoms with Gasteiger partial charge in [0, 0.05) is 18.5 Å². The largest absolute Gasteiger partial charge is 0.366 e. The van der Waals surface area contributed by atoms with Crippen molar-refractivity contribution in [2.75, 3.05) is 6.61 Å². The minimum atomic E-state index is -0.510. The number of Topliss-reactive ketones (excluding diaryl/α,β-unsaturated/α-hetero) is 1. The van der Waals surface area contributed by atoms with Gasteiger partial charge in [-0.3, -0.25) is 9.78 Å². The first-order chi connectivity index (χ1) is 10.2. The Labute approximate surface area is 126 Å². The van der Waals surface area contributed by atoms with Crippen LogP contribution in [0.15, 0.2) is 48.7 Å². The van der Waals surface area contributed by atoms with Crippen molar-refractivity contribution in [2.45, 2.75) is 32.8 Å². The third-order valence-electron chi connectivity index (χ3n) is 3.38. The van der Waals surface area contributed by atoms with Gasteiger partial charge in [-0.25, -0.2) is 0 Å². The summed E-state index contributed by atoms with van der Waals surface area (Å²) in [5, 5.41) is 0. The van der Waals surface area contributed by atoms with Crippen LogP contribution in [-0.4, -0.2) is 17.4 Å². The van der Waals surface area contributed by atoms with Crippen LogP contribution in [-0.2, 0) is 22.4 Å². The summed E-state index contributed by atoms with van der Waals surface area (Å²) < 4.78 is 5.63. The van der Waals surface area contributed by atoms with Crippen LogP contribution in [0.1, 0.15) is 36.8 Å². The molecule has 2 aromatic rings. The zero-order valence-corrected chi connectivity index (χ0v) is 12.6. The van der Waals surface area contributed by atoms with Gasteiger partial charge in [0.15, 0.2) is 5.78 Å². The predicted molar refractivity (Wildman–Crippen MR) is 83.1 cm³/mol. The Balaban J connectivity index is 2.11. The van der Waals surface area contributed by atoms with Crippen LogP contribution in [0.25, 0.3) is 0 Å². The second-order valence-corrected chi connectivity index (χ2v) is 4.90. The van der Waals surface area contributed by atoms with E-state index in [1.165, 1.54) is 5.56 Å². The van der Waals surface area contributed by atoms with E-state index in [2.05, 4.69) is 11.9 Å². The maximum atomic E-state index is 12.5. The standard InChI is InChI=1S/C18H21NO2/c1-3-14-10-11-16(19-13-14)12-17(20)18(21-4-2)15-8-6-5-7-9-15/h5-11,13,18H,3-4,12H2,1-2H3. The van der Waals surface area contributed by atoms with Crippen molar-refractivity contribution < 1.29 is 9.53 Å². The van der Waals surface area contributed by atoms with Gasteiger partial charge >= 0.3 is 0 Å². The van der Waals surface area contributed by atoms with Gasteiger partial charge in [0.05, 0.1) is 6.42 Å². The van der Waals surface area contributed by atoms with Crippen molar-refractivity contribution in [1.82, 2.24) is 4.98 Å². The lowest BCUT2D eigenvalue weighted by atomic mass is 10.0. The molecule has 0 bridgehead atoms. The van der Waals surface area contributed by atoms with Gasteiger partial charge < -0.3 is 4.74 Å². The number of benzene rings is 1. The molecule has 0 aliphatic carbocycles. The van der Waals surface area contributed by atoms with E-state index in [9.17, 15) is 4.79 Å². The van der Waals surface area contributed by atoms with Crippen LogP contribution in [0.4, 0.5) is 0 Å². The minimum Gasteiger partial charge on any atom is -0.366 e. The van der Waals surface area contributed by atoms with Gasteiger partial charge in [-0.05, 0) is 30.5 Å². The molecule has 1 aromatic heterocycles. The zero-order valence-electron chi connectivity index (χ0n) is 12.6. The smallest absolute Gasteiger partial charge is 0.172 e. The number of nitrogens with zero attached hydrogens (tertiary/aromatic N) is 1. The number of aryl methyl sites for hydroxylation is 1. The third-order valence-corrected chi connectivity index (χ3v) is 3.38. The van der Waals surface area contributed by atoms with Crippen molar-refractivity contribution in [3.63, 3.8) is 0 Å². The van der Waals surface area contributed by atoms with E-state index >= 15 is 0 Å². The van der Waals surface area contributed by atoms with Crippen molar-refractivity contribution in [2.24, 2.45) is 0 Å². The topological polar surface area (TPSA) is 39.2 Å². The molecule has 0 spiro atoms. The highest BCUT2D eigenvalue weighted by molar-refractivity contribution is 5.86. The highest BCUT2D eigenvalue weighted by Gasteiger charge is 2.21. The highest BCUT2D eigenvalue weighted by Crippen LogP contribution is 2.20. The average Bonchev–Trinajstić information content (AvgIpc) is 2.54. The van der Waals surface area contributed by atoms with Crippen molar-refractivity contribution in [3.05, 3.63) is 65.5 Å². The van der Waals surface area contributed by atoms with Gasteiger partial charge in [0.25, 0.3) is 0 Å². The third kappa shape index (κ3) is 4.23. The summed E-state index contributed by atoms with van der Waals surface area (Å²) in [6.07, 6.45) is 2.57. The first-order valence-electron chi connectivity index (χ1n) is 7.37. The molecule has 3 heteroatoms. The number of hydrogen-bond acceptors (Lipinski definition) is 3. The molecule has 0 N–H and O–H groups in total. The number of hydrogen-bond donors (Lipinski definition) is 0. The van der Waals surface area contributed by atoms with Crippen LogP contribution in [0.2, 0.25) is 0 Å². The van der Waals surface area contributed by atoms with Crippen LogP contribution in [0.5, 0.6) is 0 Å². The fourth-order valence-electron chi connectivity index (χ4n) is 2.21. The second kappa shape index (κ2) is 7.70. The van der Waals surface area contributed by atoms with E-state index in [4.69, 9.17) is 4.74 Å². The van der Waals surface area contributed by atoms with E-state index in [1.807, 2.05) is 55.6 Å². The molecule has 3 nitrogen and oxygen atoms in total. The number of carbonyl (C=O) groups is 1. The Morgan fingerprint density at radius 1 is 1.14 bits per heavy atom. The Kier molecular flexibility index (Phi) is 5.64. The molecule has 0 fully saturated rings. The minimum absolute atomic E-state index is 0.0415. The Morgan fingerprint density at radius 3 is 2.48 bits per heavy atom. The van der Waals surface area contributed by atoms with Gasteiger partial charge in [0.1, 0.15) is 6.10 Å². The van der Waals surface area contributed by atoms with Crippen molar-refractivity contribution >= 4 is 5.78 Å². The first kappa shape index (κ1) is 15.4. The quantitative estimate of drug-likeness (QED) is 0.780. The lowest BCUT2D eigenvalue weighted by Gasteiger charge is -2.16. The molecule has 0 saturated heterocycles. The predicted octanol–water partition coefficient (Wildman–Crippen LogP) is 3.53. The summed E-state index contributed by atoms with van der Waals surface area (Å²) >= 11 is 0. The molecule has 1 unspecified atom stereocenters. The second-order valence-electron chi connectivity index (χ2n) is 4.90. The molecular formula is C18H21NO2. The number of aromatic nitrogens is 1. The van der Waals surface area contributed by atoms with Crippen LogP contribution in [0, 0.1) is 0 Å². The molecule has 0 radical (unpaired) electrons. The molecule has 0 aliphatic heterocycles. The average molecular weight is 283 g/mol. The normalized spacial score (nSPS) is 12.1. The summed E-state index contributed by atoms with van der Waals surface area (Å²) in [6, 6.07) is 13.6. The molecule has 1 aromatic carbocycles. The molecule has 1 atom stereocenters. The summed E-state index contributed by atoms with van der Waals surface area (Å²) in [5.74, 6) is 0.0415. The zero-order chi connectivity index (χ0) is 15.1. The lowest BCUT2D eigenvalue weighted by molar-refractivity contribution is -0.130. The molecular weight excluding hydrogens is 262 g/mol. The van der Waals surface area contributed by atoms with Gasteiger partial charge in [-0.1, -0.05) is 43.3 Å². The molecule has 0 amide bonds. The first-order valence-corrected chi connectivity index (χ1v) is 7.37. The summed E-state index contributed by atoms with van der Waals surface area (Å²) in [5.41, 5.74) is 2.86. The number of carbonyl (C=O) groups excluding carboxylic acids is 1. The summed E-state index contributed by atoms with van der Waals surface area (Å²) in [7, 11) is 0. The molecule has 2 rings (SSSR count). The van der Waals surface area contributed by atoms with Gasteiger partial charge in [0.2, 0.25) is 0 Å². The molecule has 1 heterocycles. The van der Waals surface area contributed by atoms with Crippen LogP contribution >= 0.6 is 0 Å². The maximum Gasteiger partial charge on any atom is 0.172 e. The number of rotatable bonds is 7. The molecule has 21 heavy (non-hydrogen) atoms. The van der Waals surface area contributed by atoms with Crippen LogP contribution in [0.3, 0.4) is 0 Å². The number of pyridine rings is 1. The van der Waals surface area contributed by atoms with Crippen molar-refractivity contribution in [1.29, 1.82) is 0 Å². The maximum absolute atomic E-state index is 12.5. The fraction of sp³-hybridized carbons (Fsp3) is 0.333. The Hall–Kier alpha value is -2.00. The van der Waals surface area contributed by atoms with E-state index in [1.54, 1.807) is 0 Å². The summed E-state index contributed by atoms with van der Waals surface area (Å²) in [4.78, 5) is 16.8. The van der Waals surface area contributed by atoms with Crippen LogP contribution < -0.4 is 0 Å². The van der Waals surface area contributed by atoms with Crippen molar-refractivity contribution in [3.8, 4) is 0 Å². The number of ketones is 1. The van der Waals surface area contributed by atoms with E-state index in [-0.39, 0.29) is 5.78 Å². The monoisotopic (exact) mass is 283 g/mol. The SMILES string of the molecule is CCOC(C(=O)Cc1ccc(CC)cn1)c1ccccc1. The number of ether oxygens (including phenoxy) is 1. The van der Waals surface area contributed by atoms with Gasteiger partial charge in [-0.15, -0.1) is 0 Å². The fourth-order valence-corrected chi connectivity index (χ4v) is 2.21. The van der Waals surface area contributed by atoms with E-state index < -0.39 is 6.10 Å². The van der Waals surface area contributed by atoms with E-state index in [0.717, 1.165) is 17.7 Å². The highest BCUT2D eigenvalue weighted by atomic mass is 16.5. The summed E-state index contributed by atoms with van der Waals surface area (Å²) in [6.45, 7) is 4.49. The Morgan fingerprint density at radius 2 is 1.90 bits per heavy atom. The lowest BCUT2D eigenvalue weighted by Crippen LogP contribution is -2.18. The molecule has 110 valence electrons. The molecule has 0 saturated carbocycles. The van der Waals surface area contributed by atoms with Gasteiger partial charge in [-0.2, -0.15) is 0 Å². The Bertz CT molecular complexity index is 564. The van der Waals surface area contributed by atoms with E-state index in [0.29, 0.717) is 13.0 Å². The molecule has 0 aliphatic rings.